The standard InChI is InChI=1S/C19H24N6O2/c1-25(2)16-9-7-15(8-10-16)24-23-14-5-3-13(4-6-14)19(27)22-17(11-20)18(26)12-21/h3-10,17H,11-12,20-21H2,1-2H3,(H,22,27)/b24-23+. The first kappa shape index (κ1) is 20.2. The van der Waals surface area contributed by atoms with E-state index in [2.05, 4.69) is 15.5 Å². The van der Waals surface area contributed by atoms with Gasteiger partial charge in [0.15, 0.2) is 5.78 Å². The van der Waals surface area contributed by atoms with E-state index in [4.69, 9.17) is 11.5 Å². The van der Waals surface area contributed by atoms with E-state index in [1.165, 1.54) is 0 Å². The van der Waals surface area contributed by atoms with Gasteiger partial charge in [-0.05, 0) is 48.5 Å². The van der Waals surface area contributed by atoms with Crippen molar-refractivity contribution in [2.75, 3.05) is 32.1 Å². The van der Waals surface area contributed by atoms with Crippen molar-refractivity contribution in [1.29, 1.82) is 0 Å². The number of rotatable bonds is 8. The van der Waals surface area contributed by atoms with Crippen LogP contribution < -0.4 is 21.7 Å². The van der Waals surface area contributed by atoms with E-state index in [-0.39, 0.29) is 18.9 Å². The normalized spacial score (nSPS) is 12.0. The number of benzene rings is 2. The Labute approximate surface area is 158 Å². The molecule has 2 aromatic carbocycles. The molecular weight excluding hydrogens is 344 g/mol. The number of anilines is 1. The van der Waals surface area contributed by atoms with Gasteiger partial charge in [0.1, 0.15) is 6.04 Å². The monoisotopic (exact) mass is 368 g/mol. The summed E-state index contributed by atoms with van der Waals surface area (Å²) in [7, 11) is 3.94. The Bertz CT molecular complexity index is 800. The van der Waals surface area contributed by atoms with Crippen molar-refractivity contribution < 1.29 is 9.59 Å². The fraction of sp³-hybridized carbons (Fsp3) is 0.263. The van der Waals surface area contributed by atoms with E-state index < -0.39 is 11.9 Å². The quantitative estimate of drug-likeness (QED) is 0.612. The van der Waals surface area contributed by atoms with Crippen LogP contribution in [0.1, 0.15) is 10.4 Å². The molecule has 8 nitrogen and oxygen atoms in total. The van der Waals surface area contributed by atoms with Gasteiger partial charge in [0.2, 0.25) is 0 Å². The van der Waals surface area contributed by atoms with Crippen molar-refractivity contribution in [1.82, 2.24) is 5.32 Å². The zero-order valence-electron chi connectivity index (χ0n) is 15.4. The molecule has 142 valence electrons. The number of nitrogens with two attached hydrogens (primary N) is 2. The fourth-order valence-electron chi connectivity index (χ4n) is 2.27. The predicted octanol–water partition coefficient (Wildman–Crippen LogP) is 1.75. The fourth-order valence-corrected chi connectivity index (χ4v) is 2.27. The van der Waals surface area contributed by atoms with Gasteiger partial charge in [-0.1, -0.05) is 0 Å². The summed E-state index contributed by atoms with van der Waals surface area (Å²) in [6.45, 7) is -0.169. The highest BCUT2D eigenvalue weighted by molar-refractivity contribution is 5.98. The molecule has 1 unspecified atom stereocenters. The molecule has 0 aliphatic carbocycles. The van der Waals surface area contributed by atoms with Gasteiger partial charge in [-0.25, -0.2) is 0 Å². The summed E-state index contributed by atoms with van der Waals surface area (Å²) in [5.74, 6) is -0.702. The number of hydrogen-bond donors (Lipinski definition) is 3. The summed E-state index contributed by atoms with van der Waals surface area (Å²) >= 11 is 0. The van der Waals surface area contributed by atoms with E-state index in [9.17, 15) is 9.59 Å². The molecule has 5 N–H and O–H groups in total. The average Bonchev–Trinajstić information content (AvgIpc) is 2.70. The number of nitrogens with one attached hydrogen (secondary N) is 1. The first-order valence-corrected chi connectivity index (χ1v) is 8.47. The third-order valence-electron chi connectivity index (χ3n) is 3.91. The number of hydrogen-bond acceptors (Lipinski definition) is 7. The van der Waals surface area contributed by atoms with E-state index in [0.717, 1.165) is 11.4 Å². The molecule has 2 aromatic rings. The van der Waals surface area contributed by atoms with Crippen LogP contribution in [-0.2, 0) is 4.79 Å². The lowest BCUT2D eigenvalue weighted by atomic mass is 10.1. The molecule has 0 heterocycles. The lowest BCUT2D eigenvalue weighted by Crippen LogP contribution is -2.48. The molecule has 2 rings (SSSR count). The van der Waals surface area contributed by atoms with Gasteiger partial charge in [0.25, 0.3) is 5.91 Å². The van der Waals surface area contributed by atoms with Gasteiger partial charge >= 0.3 is 0 Å². The first-order valence-electron chi connectivity index (χ1n) is 8.47. The maximum absolute atomic E-state index is 12.2. The minimum absolute atomic E-state index is 0.000677. The molecule has 27 heavy (non-hydrogen) atoms. The predicted molar refractivity (Wildman–Crippen MR) is 106 cm³/mol. The molecule has 0 bridgehead atoms. The van der Waals surface area contributed by atoms with Gasteiger partial charge in [-0.15, -0.1) is 0 Å². The van der Waals surface area contributed by atoms with Gasteiger partial charge < -0.3 is 21.7 Å². The van der Waals surface area contributed by atoms with Gasteiger partial charge in [-0.2, -0.15) is 10.2 Å². The molecule has 0 aliphatic rings. The summed E-state index contributed by atoms with van der Waals surface area (Å²) in [6, 6.07) is 13.5. The second-order valence-corrected chi connectivity index (χ2v) is 6.09. The number of azo groups is 1. The second-order valence-electron chi connectivity index (χ2n) is 6.09. The van der Waals surface area contributed by atoms with Crippen LogP contribution in [0.5, 0.6) is 0 Å². The summed E-state index contributed by atoms with van der Waals surface area (Å²) in [4.78, 5) is 25.8. The van der Waals surface area contributed by atoms with Crippen LogP contribution in [0.15, 0.2) is 58.8 Å². The number of Topliss-reactive ketones (excluding diaryl/α,β-unsaturated/α-hetero) is 1. The first-order chi connectivity index (χ1) is 12.9. The molecule has 0 radical (unpaired) electrons. The Morgan fingerprint density at radius 3 is 1.93 bits per heavy atom. The van der Waals surface area contributed by atoms with Crippen LogP contribution in [0, 0.1) is 0 Å². The summed E-state index contributed by atoms with van der Waals surface area (Å²) in [6.07, 6.45) is 0. The lowest BCUT2D eigenvalue weighted by Gasteiger charge is -2.14. The van der Waals surface area contributed by atoms with Crippen LogP contribution in [0.25, 0.3) is 0 Å². The Hall–Kier alpha value is -3.10. The van der Waals surface area contributed by atoms with E-state index in [0.29, 0.717) is 11.3 Å². The third kappa shape index (κ3) is 5.70. The Morgan fingerprint density at radius 1 is 0.963 bits per heavy atom. The number of amides is 1. The molecule has 0 fully saturated rings. The Balaban J connectivity index is 2.01. The molecule has 0 spiro atoms. The van der Waals surface area contributed by atoms with Crippen molar-refractivity contribution in [2.45, 2.75) is 6.04 Å². The topological polar surface area (TPSA) is 126 Å². The van der Waals surface area contributed by atoms with E-state index in [1.807, 2.05) is 43.3 Å². The highest BCUT2D eigenvalue weighted by Gasteiger charge is 2.18. The van der Waals surface area contributed by atoms with E-state index >= 15 is 0 Å². The Kier molecular flexibility index (Phi) is 7.16. The number of ketones is 1. The summed E-state index contributed by atoms with van der Waals surface area (Å²) in [5.41, 5.74) is 13.6. The Morgan fingerprint density at radius 2 is 1.48 bits per heavy atom. The van der Waals surface area contributed by atoms with Gasteiger partial charge in [0, 0.05) is 31.9 Å². The van der Waals surface area contributed by atoms with Gasteiger partial charge in [0.05, 0.1) is 17.9 Å². The van der Waals surface area contributed by atoms with Crippen molar-refractivity contribution in [3.8, 4) is 0 Å². The maximum atomic E-state index is 12.2. The minimum atomic E-state index is -0.785. The molecule has 8 heteroatoms. The number of carbonyl (C=O) groups excluding carboxylic acids is 2. The van der Waals surface area contributed by atoms with Crippen LogP contribution in [-0.4, -0.2) is 44.9 Å². The second kappa shape index (κ2) is 9.56. The van der Waals surface area contributed by atoms with Crippen molar-refractivity contribution in [2.24, 2.45) is 21.7 Å². The van der Waals surface area contributed by atoms with Crippen molar-refractivity contribution >= 4 is 28.8 Å². The molecule has 1 amide bonds. The molecule has 0 aromatic heterocycles. The summed E-state index contributed by atoms with van der Waals surface area (Å²) in [5, 5.41) is 10.9. The van der Waals surface area contributed by atoms with Gasteiger partial charge in [-0.3, -0.25) is 9.59 Å². The lowest BCUT2D eigenvalue weighted by molar-refractivity contribution is -0.119. The van der Waals surface area contributed by atoms with Crippen LogP contribution in [0.4, 0.5) is 17.1 Å². The highest BCUT2D eigenvalue weighted by Crippen LogP contribution is 2.21. The zero-order chi connectivity index (χ0) is 19.8. The minimum Gasteiger partial charge on any atom is -0.378 e. The van der Waals surface area contributed by atoms with Crippen LogP contribution in [0.2, 0.25) is 0 Å². The molecule has 1 atom stereocenters. The number of nitrogens with zero attached hydrogens (tertiary/aromatic N) is 3. The average molecular weight is 368 g/mol. The van der Waals surface area contributed by atoms with Crippen LogP contribution >= 0.6 is 0 Å². The molecule has 0 saturated carbocycles. The SMILES string of the molecule is CN(C)c1ccc(/N=N/c2ccc(C(=O)NC(CN)C(=O)CN)cc2)cc1. The molecule has 0 saturated heterocycles. The number of carbonyl (C=O) groups is 2. The highest BCUT2D eigenvalue weighted by atomic mass is 16.2. The van der Waals surface area contributed by atoms with Crippen molar-refractivity contribution in [3.05, 3.63) is 54.1 Å². The third-order valence-corrected chi connectivity index (χ3v) is 3.91. The van der Waals surface area contributed by atoms with Crippen molar-refractivity contribution in [3.63, 3.8) is 0 Å². The zero-order valence-corrected chi connectivity index (χ0v) is 15.4. The summed E-state index contributed by atoms with van der Waals surface area (Å²) < 4.78 is 0. The van der Waals surface area contributed by atoms with E-state index in [1.54, 1.807) is 24.3 Å². The molecule has 0 aliphatic heterocycles. The molecular formula is C19H24N6O2. The van der Waals surface area contributed by atoms with Crippen LogP contribution in [0.3, 0.4) is 0 Å². The largest absolute Gasteiger partial charge is 0.378 e. The maximum Gasteiger partial charge on any atom is 0.251 e. The smallest absolute Gasteiger partial charge is 0.251 e.